The van der Waals surface area contributed by atoms with E-state index in [0.717, 1.165) is 33.2 Å². The Bertz CT molecular complexity index is 2400. The molecule has 0 bridgehead atoms. The van der Waals surface area contributed by atoms with Crippen LogP contribution in [0.1, 0.15) is 66.5 Å². The molecule has 4 heteroatoms. The van der Waals surface area contributed by atoms with Gasteiger partial charge in [-0.2, -0.15) is 0 Å². The summed E-state index contributed by atoms with van der Waals surface area (Å²) in [6, 6.07) is 38.9. The molecule has 7 aromatic rings. The molecule has 0 atom stereocenters. The van der Waals surface area contributed by atoms with Crippen molar-refractivity contribution >= 4 is 21.9 Å². The maximum atomic E-state index is 8.32. The van der Waals surface area contributed by atoms with Crippen LogP contribution in [0.5, 0.6) is 0 Å². The first kappa shape index (κ1) is 24.8. The van der Waals surface area contributed by atoms with E-state index in [9.17, 15) is 0 Å². The van der Waals surface area contributed by atoms with E-state index in [-0.39, 0.29) is 42.2 Å². The van der Waals surface area contributed by atoms with Gasteiger partial charge in [-0.25, -0.2) is 0 Å². The summed E-state index contributed by atoms with van der Waals surface area (Å²) in [4.78, 5) is 8.79. The number of rotatable bonds is 6. The minimum absolute atomic E-state index is 0. The van der Waals surface area contributed by atoms with Crippen LogP contribution < -0.4 is 0 Å². The Morgan fingerprint density at radius 2 is 1.64 bits per heavy atom. The summed E-state index contributed by atoms with van der Waals surface area (Å²) < 4.78 is 68.0. The topological polar surface area (TPSA) is 38.9 Å². The van der Waals surface area contributed by atoms with Crippen molar-refractivity contribution in [3.63, 3.8) is 0 Å². The molecule has 0 saturated heterocycles. The van der Waals surface area contributed by atoms with E-state index in [2.05, 4.69) is 90.5 Å². The van der Waals surface area contributed by atoms with Gasteiger partial charge in [0.05, 0.1) is 5.58 Å². The maximum absolute atomic E-state index is 8.32. The number of furan rings is 1. The molecule has 0 amide bonds. The molecule has 0 aliphatic heterocycles. The number of hydrogen-bond donors (Lipinski definition) is 0. The smallest absolute Gasteiger partial charge is 0.120 e. The Kier molecular flexibility index (Phi) is 7.68. The Morgan fingerprint density at radius 3 is 2.38 bits per heavy atom. The Hall–Kier alpha value is -4.37. The van der Waals surface area contributed by atoms with Crippen molar-refractivity contribution in [2.45, 2.75) is 53.2 Å². The first-order valence-corrected chi connectivity index (χ1v) is 15.3. The molecule has 3 heterocycles. The summed E-state index contributed by atoms with van der Waals surface area (Å²) in [5.74, 6) is -0.444. The Labute approximate surface area is 303 Å². The molecule has 3 nitrogen and oxygen atoms in total. The average molecular weight is 801 g/mol. The number of aryl methyl sites for hydroxylation is 2. The first-order valence-electron chi connectivity index (χ1n) is 19.3. The van der Waals surface area contributed by atoms with E-state index in [1.807, 2.05) is 30.5 Å². The quantitative estimate of drug-likeness (QED) is 0.157. The summed E-state index contributed by atoms with van der Waals surface area (Å²) in [5, 5.41) is 2.22. The zero-order chi connectivity index (χ0) is 39.1. The van der Waals surface area contributed by atoms with Crippen LogP contribution in [0.15, 0.2) is 120 Å². The largest absolute Gasteiger partial charge is 0.501 e. The number of hydrogen-bond acceptors (Lipinski definition) is 3. The first-order chi connectivity index (χ1) is 25.4. The molecule has 4 aromatic carbocycles. The maximum Gasteiger partial charge on any atom is 0.120 e. The second kappa shape index (κ2) is 14.6. The fourth-order valence-electron chi connectivity index (χ4n) is 5.48. The molecular weight excluding hydrogens is 753 g/mol. The number of para-hydroxylation sites is 1. The predicted molar refractivity (Wildman–Crippen MR) is 191 cm³/mol. The molecule has 3 aromatic heterocycles. The van der Waals surface area contributed by atoms with Gasteiger partial charge in [-0.3, -0.25) is 0 Å². The SMILES string of the molecule is CC(C)(c1ccccc1)c1ccnc(-c2[c-]ccc3c2oc2ccccc23)c1.[2H]C([2H])([2H])c1c[c-]c(-c2cc(C([2H])([2H])C(C)C)c(C([2H])([2H])[2H])cn2)cc1.[Ir]. The summed E-state index contributed by atoms with van der Waals surface area (Å²) in [5.41, 5.74) is 6.76. The summed E-state index contributed by atoms with van der Waals surface area (Å²) in [7, 11) is 0. The standard InChI is InChI=1S/C26H20NO.C17H20N.Ir/c1-26(2,18-9-4-3-5-10-18)19-15-16-27-23(17-19)22-13-8-12-21-20-11-6-7-14-24(20)28-25(21)22;1-12(2)9-16-10-17(18-11-14(16)4)15-7-5-13(3)6-8-15;/h3-12,14-17H,1-2H3;5-7,10-12H,9H2,1-4H3;/q2*-1;/i;3D3,4D3,9D2;. The zero-order valence-electron chi connectivity index (χ0n) is 34.7. The molecule has 0 fully saturated rings. The van der Waals surface area contributed by atoms with Crippen LogP contribution >= 0.6 is 0 Å². The van der Waals surface area contributed by atoms with Gasteiger partial charge in [0.1, 0.15) is 5.58 Å². The minimum Gasteiger partial charge on any atom is -0.501 e. The molecule has 0 spiro atoms. The van der Waals surface area contributed by atoms with Crippen molar-refractivity contribution < 1.29 is 35.5 Å². The molecule has 0 N–H and O–H groups in total. The Morgan fingerprint density at radius 1 is 0.830 bits per heavy atom. The van der Waals surface area contributed by atoms with Crippen molar-refractivity contribution in [3.8, 4) is 22.5 Å². The van der Waals surface area contributed by atoms with Gasteiger partial charge in [-0.1, -0.05) is 112 Å². The monoisotopic (exact) mass is 801 g/mol. The predicted octanol–water partition coefficient (Wildman–Crippen LogP) is 11.1. The van der Waals surface area contributed by atoms with E-state index in [1.165, 1.54) is 41.6 Å². The number of nitrogens with zero attached hydrogens (tertiary/aromatic N) is 2. The van der Waals surface area contributed by atoms with E-state index >= 15 is 0 Å². The fraction of sp³-hybridized carbons (Fsp3) is 0.209. The van der Waals surface area contributed by atoms with Gasteiger partial charge in [-0.15, -0.1) is 53.6 Å². The van der Waals surface area contributed by atoms with Gasteiger partial charge < -0.3 is 14.4 Å². The molecule has 0 aliphatic rings. The molecular formula is C43H40IrN2O-2. The van der Waals surface area contributed by atoms with Gasteiger partial charge >= 0.3 is 0 Å². The third-order valence-electron chi connectivity index (χ3n) is 8.01. The van der Waals surface area contributed by atoms with E-state index in [1.54, 1.807) is 13.8 Å². The molecule has 47 heavy (non-hydrogen) atoms. The molecule has 7 rings (SSSR count). The van der Waals surface area contributed by atoms with E-state index in [0.29, 0.717) is 11.3 Å². The summed E-state index contributed by atoms with van der Waals surface area (Å²) in [6.45, 7) is 3.12. The van der Waals surface area contributed by atoms with Gasteiger partial charge in [0.25, 0.3) is 0 Å². The van der Waals surface area contributed by atoms with Crippen LogP contribution in [0, 0.1) is 31.8 Å². The number of fused-ring (bicyclic) bond motifs is 3. The molecule has 239 valence electrons. The van der Waals surface area contributed by atoms with Crippen molar-refractivity contribution in [1.82, 2.24) is 9.97 Å². The van der Waals surface area contributed by atoms with Crippen molar-refractivity contribution in [1.29, 1.82) is 0 Å². The van der Waals surface area contributed by atoms with Gasteiger partial charge in [-0.05, 0) is 59.4 Å². The van der Waals surface area contributed by atoms with Crippen molar-refractivity contribution in [2.75, 3.05) is 0 Å². The average Bonchev–Trinajstić information content (AvgIpc) is 3.53. The van der Waals surface area contributed by atoms with Gasteiger partial charge in [0.2, 0.25) is 0 Å². The molecule has 0 saturated carbocycles. The fourth-order valence-corrected chi connectivity index (χ4v) is 5.48. The van der Waals surface area contributed by atoms with E-state index < -0.39 is 26.0 Å². The second-order valence-electron chi connectivity index (χ2n) is 12.0. The van der Waals surface area contributed by atoms with Crippen LogP contribution in [0.25, 0.3) is 44.5 Å². The third kappa shape index (κ3) is 7.46. The van der Waals surface area contributed by atoms with E-state index in [4.69, 9.17) is 15.4 Å². The van der Waals surface area contributed by atoms with Crippen LogP contribution in [0.4, 0.5) is 0 Å². The van der Waals surface area contributed by atoms with Crippen molar-refractivity contribution in [2.24, 2.45) is 5.92 Å². The summed E-state index contributed by atoms with van der Waals surface area (Å²) >= 11 is 0. The second-order valence-corrected chi connectivity index (χ2v) is 12.0. The van der Waals surface area contributed by atoms with Gasteiger partial charge in [0, 0.05) is 54.3 Å². The molecule has 0 aliphatic carbocycles. The normalized spacial score (nSPS) is 14.7. The van der Waals surface area contributed by atoms with Crippen LogP contribution in [-0.2, 0) is 31.9 Å². The minimum atomic E-state index is -2.49. The van der Waals surface area contributed by atoms with Crippen LogP contribution in [-0.4, -0.2) is 9.97 Å². The van der Waals surface area contributed by atoms with Gasteiger partial charge in [0.15, 0.2) is 0 Å². The number of pyridine rings is 2. The number of aromatic nitrogens is 2. The van der Waals surface area contributed by atoms with Crippen molar-refractivity contribution in [3.05, 3.63) is 155 Å². The van der Waals surface area contributed by atoms with Crippen LogP contribution in [0.3, 0.4) is 0 Å². The zero-order valence-corrected chi connectivity index (χ0v) is 29.1. The number of benzene rings is 4. The van der Waals surface area contributed by atoms with Crippen LogP contribution in [0.2, 0.25) is 0 Å². The molecule has 1 radical (unpaired) electrons. The summed E-state index contributed by atoms with van der Waals surface area (Å²) in [6.07, 6.45) is 1.19. The third-order valence-corrected chi connectivity index (χ3v) is 8.01. The Balaban J connectivity index is 0.000000208. The molecule has 0 unspecified atom stereocenters.